The van der Waals surface area contributed by atoms with E-state index in [1.165, 1.54) is 6.08 Å². The van der Waals surface area contributed by atoms with Crippen LogP contribution in [0.1, 0.15) is 10.4 Å². The molecular formula is C10H11NO2. The molecule has 0 spiro atoms. The summed E-state index contributed by atoms with van der Waals surface area (Å²) in [5, 5.41) is 0. The Morgan fingerprint density at radius 1 is 1.46 bits per heavy atom. The molecular weight excluding hydrogens is 166 g/mol. The van der Waals surface area contributed by atoms with Crippen LogP contribution in [0.3, 0.4) is 0 Å². The third-order valence-electron chi connectivity index (χ3n) is 1.48. The molecule has 0 aromatic heterocycles. The summed E-state index contributed by atoms with van der Waals surface area (Å²) in [4.78, 5) is 11.3. The van der Waals surface area contributed by atoms with Gasteiger partial charge in [-0.2, -0.15) is 0 Å². The Hall–Kier alpha value is -1.61. The van der Waals surface area contributed by atoms with Crippen molar-refractivity contribution < 1.29 is 9.53 Å². The molecule has 68 valence electrons. The van der Waals surface area contributed by atoms with Gasteiger partial charge < -0.3 is 4.74 Å². The number of carbonyl (C=O) groups excluding carboxylic acids is 1. The van der Waals surface area contributed by atoms with E-state index in [2.05, 4.69) is 6.58 Å². The number of nitrogens with two attached hydrogens (primary N) is 1. The van der Waals surface area contributed by atoms with E-state index in [9.17, 15) is 4.79 Å². The quantitative estimate of drug-likeness (QED) is 0.430. The van der Waals surface area contributed by atoms with Crippen LogP contribution in [0, 0.1) is 0 Å². The van der Waals surface area contributed by atoms with Crippen LogP contribution in [-0.2, 0) is 4.74 Å². The molecule has 0 aliphatic heterocycles. The van der Waals surface area contributed by atoms with E-state index in [4.69, 9.17) is 10.5 Å². The molecule has 1 aromatic carbocycles. The predicted octanol–water partition coefficient (Wildman–Crippen LogP) is 1.31. The van der Waals surface area contributed by atoms with E-state index in [0.717, 1.165) is 0 Å². The Morgan fingerprint density at radius 2 is 2.08 bits per heavy atom. The molecule has 1 rings (SSSR count). The molecule has 0 bridgehead atoms. The molecule has 0 radical (unpaired) electrons. The van der Waals surface area contributed by atoms with Crippen molar-refractivity contribution in [2.45, 2.75) is 6.23 Å². The molecule has 13 heavy (non-hydrogen) atoms. The maximum Gasteiger partial charge on any atom is 0.339 e. The second-order valence-electron chi connectivity index (χ2n) is 2.47. The summed E-state index contributed by atoms with van der Waals surface area (Å²) in [6.45, 7) is 3.41. The molecule has 0 amide bonds. The highest BCUT2D eigenvalue weighted by Crippen LogP contribution is 2.01. The summed E-state index contributed by atoms with van der Waals surface area (Å²) in [6, 6.07) is 8.67. The zero-order chi connectivity index (χ0) is 9.68. The summed E-state index contributed by atoms with van der Waals surface area (Å²) >= 11 is 0. The van der Waals surface area contributed by atoms with Crippen LogP contribution in [0.5, 0.6) is 0 Å². The molecule has 0 aliphatic rings. The number of hydrogen-bond acceptors (Lipinski definition) is 3. The largest absolute Gasteiger partial charge is 0.440 e. The first-order valence-corrected chi connectivity index (χ1v) is 3.88. The van der Waals surface area contributed by atoms with E-state index >= 15 is 0 Å². The Balaban J connectivity index is 2.64. The van der Waals surface area contributed by atoms with Gasteiger partial charge in [0.1, 0.15) is 0 Å². The van der Waals surface area contributed by atoms with Gasteiger partial charge in [-0.25, -0.2) is 4.79 Å². The fourth-order valence-corrected chi connectivity index (χ4v) is 0.814. The third-order valence-corrected chi connectivity index (χ3v) is 1.48. The van der Waals surface area contributed by atoms with Crippen LogP contribution in [0.25, 0.3) is 0 Å². The Bertz CT molecular complexity index is 295. The first-order chi connectivity index (χ1) is 6.24. The molecule has 1 atom stereocenters. The number of hydrogen-bond donors (Lipinski definition) is 1. The first-order valence-electron chi connectivity index (χ1n) is 3.88. The number of ether oxygens (including phenoxy) is 1. The van der Waals surface area contributed by atoms with Gasteiger partial charge >= 0.3 is 5.97 Å². The lowest BCUT2D eigenvalue weighted by atomic mass is 10.2. The summed E-state index contributed by atoms with van der Waals surface area (Å²) in [5.74, 6) is -0.437. The lowest BCUT2D eigenvalue weighted by Gasteiger charge is -2.07. The van der Waals surface area contributed by atoms with Crippen LogP contribution < -0.4 is 5.73 Å². The van der Waals surface area contributed by atoms with Crippen molar-refractivity contribution >= 4 is 5.97 Å². The summed E-state index contributed by atoms with van der Waals surface area (Å²) in [5.41, 5.74) is 5.84. The van der Waals surface area contributed by atoms with Crippen LogP contribution in [0.4, 0.5) is 0 Å². The SMILES string of the molecule is C=CC(N)OC(=O)c1ccccc1. The molecule has 1 unspecified atom stereocenters. The zero-order valence-corrected chi connectivity index (χ0v) is 7.14. The van der Waals surface area contributed by atoms with Gasteiger partial charge in [-0.15, -0.1) is 0 Å². The van der Waals surface area contributed by atoms with Crippen molar-refractivity contribution in [3.05, 3.63) is 48.6 Å². The van der Waals surface area contributed by atoms with E-state index in [1.807, 2.05) is 6.07 Å². The lowest BCUT2D eigenvalue weighted by Crippen LogP contribution is -2.24. The average Bonchev–Trinajstić information content (AvgIpc) is 2.19. The standard InChI is InChI=1S/C10H11NO2/c1-2-9(11)13-10(12)8-6-4-3-5-7-8/h2-7,9H,1,11H2. The number of carbonyl (C=O) groups is 1. The normalized spacial score (nSPS) is 11.8. The van der Waals surface area contributed by atoms with Gasteiger partial charge in [0.2, 0.25) is 0 Å². The summed E-state index contributed by atoms with van der Waals surface area (Å²) < 4.78 is 4.81. The monoisotopic (exact) mass is 177 g/mol. The highest BCUT2D eigenvalue weighted by molar-refractivity contribution is 5.89. The topological polar surface area (TPSA) is 52.3 Å². The van der Waals surface area contributed by atoms with Crippen LogP contribution >= 0.6 is 0 Å². The average molecular weight is 177 g/mol. The molecule has 0 heterocycles. The van der Waals surface area contributed by atoms with Crippen molar-refractivity contribution in [3.8, 4) is 0 Å². The molecule has 2 N–H and O–H groups in total. The molecule has 3 nitrogen and oxygen atoms in total. The molecule has 1 aromatic rings. The Kier molecular flexibility index (Phi) is 3.23. The fourth-order valence-electron chi connectivity index (χ4n) is 0.814. The van der Waals surface area contributed by atoms with E-state index in [0.29, 0.717) is 5.56 Å². The highest BCUT2D eigenvalue weighted by atomic mass is 16.6. The van der Waals surface area contributed by atoms with Crippen molar-refractivity contribution in [2.75, 3.05) is 0 Å². The maximum absolute atomic E-state index is 11.3. The second-order valence-corrected chi connectivity index (χ2v) is 2.47. The molecule has 0 saturated carbocycles. The van der Waals surface area contributed by atoms with Gasteiger partial charge in [0.15, 0.2) is 6.23 Å². The molecule has 0 saturated heterocycles. The second kappa shape index (κ2) is 4.42. The van der Waals surface area contributed by atoms with Gasteiger partial charge in [0.05, 0.1) is 5.56 Å². The molecule has 0 fully saturated rings. The van der Waals surface area contributed by atoms with Gasteiger partial charge in [-0.3, -0.25) is 5.73 Å². The van der Waals surface area contributed by atoms with Crippen molar-refractivity contribution in [1.29, 1.82) is 0 Å². The zero-order valence-electron chi connectivity index (χ0n) is 7.14. The smallest absolute Gasteiger partial charge is 0.339 e. The number of esters is 1. The minimum absolute atomic E-state index is 0.437. The molecule has 3 heteroatoms. The fraction of sp³-hybridized carbons (Fsp3) is 0.100. The minimum atomic E-state index is -0.743. The van der Waals surface area contributed by atoms with Crippen molar-refractivity contribution in [1.82, 2.24) is 0 Å². The first kappa shape index (κ1) is 9.48. The Labute approximate surface area is 76.8 Å². The van der Waals surface area contributed by atoms with Gasteiger partial charge in [0, 0.05) is 0 Å². The Morgan fingerprint density at radius 3 is 2.62 bits per heavy atom. The lowest BCUT2D eigenvalue weighted by molar-refractivity contribution is 0.0406. The van der Waals surface area contributed by atoms with Crippen molar-refractivity contribution in [2.24, 2.45) is 5.73 Å². The van der Waals surface area contributed by atoms with Gasteiger partial charge in [-0.1, -0.05) is 24.8 Å². The predicted molar refractivity (Wildman–Crippen MR) is 50.0 cm³/mol. The minimum Gasteiger partial charge on any atom is -0.440 e. The van der Waals surface area contributed by atoms with E-state index in [-0.39, 0.29) is 0 Å². The van der Waals surface area contributed by atoms with Crippen LogP contribution in [0.2, 0.25) is 0 Å². The number of benzene rings is 1. The molecule has 0 aliphatic carbocycles. The summed E-state index contributed by atoms with van der Waals surface area (Å²) in [7, 11) is 0. The van der Waals surface area contributed by atoms with E-state index < -0.39 is 12.2 Å². The van der Waals surface area contributed by atoms with Gasteiger partial charge in [-0.05, 0) is 18.2 Å². The van der Waals surface area contributed by atoms with Crippen LogP contribution in [-0.4, -0.2) is 12.2 Å². The maximum atomic E-state index is 11.3. The number of rotatable bonds is 3. The summed E-state index contributed by atoms with van der Waals surface area (Å²) in [6.07, 6.45) is 0.619. The van der Waals surface area contributed by atoms with Crippen molar-refractivity contribution in [3.63, 3.8) is 0 Å². The highest BCUT2D eigenvalue weighted by Gasteiger charge is 2.08. The van der Waals surface area contributed by atoms with Gasteiger partial charge in [0.25, 0.3) is 0 Å². The third kappa shape index (κ3) is 2.72. The van der Waals surface area contributed by atoms with Crippen LogP contribution in [0.15, 0.2) is 43.0 Å². The van der Waals surface area contributed by atoms with E-state index in [1.54, 1.807) is 24.3 Å².